The number of benzene rings is 1. The number of nitro benzene ring substituents is 1. The summed E-state index contributed by atoms with van der Waals surface area (Å²) < 4.78 is 5.76. The average Bonchev–Trinajstić information content (AvgIpc) is 2.58. The fraction of sp³-hybridized carbons (Fsp3) is 0.250. The van der Waals surface area contributed by atoms with E-state index in [0.717, 1.165) is 5.56 Å². The van der Waals surface area contributed by atoms with Crippen LogP contribution in [0.15, 0.2) is 10.5 Å². The fourth-order valence-electron chi connectivity index (χ4n) is 1.38. The van der Waals surface area contributed by atoms with Gasteiger partial charge in [-0.3, -0.25) is 10.1 Å². The van der Waals surface area contributed by atoms with Gasteiger partial charge in [0.15, 0.2) is 0 Å². The Labute approximate surface area is 93.1 Å². The molecule has 0 amide bonds. The minimum atomic E-state index is -0.494. The normalized spacial score (nSPS) is 13.6. The summed E-state index contributed by atoms with van der Waals surface area (Å²) in [7, 11) is 0. The quantitative estimate of drug-likeness (QED) is 0.586. The summed E-state index contributed by atoms with van der Waals surface area (Å²) >= 11 is 8.99. The average molecular weight is 278 g/mol. The molecule has 6 heteroatoms. The summed E-state index contributed by atoms with van der Waals surface area (Å²) in [6, 6.07) is 1.47. The number of nitro groups is 1. The highest BCUT2D eigenvalue weighted by molar-refractivity contribution is 9.10. The first-order valence-corrected chi connectivity index (χ1v) is 5.06. The van der Waals surface area contributed by atoms with Gasteiger partial charge in [0.1, 0.15) is 10.8 Å². The first-order valence-electron chi connectivity index (χ1n) is 3.89. The van der Waals surface area contributed by atoms with Crippen LogP contribution in [0.2, 0.25) is 5.02 Å². The third-order valence-electron chi connectivity index (χ3n) is 2.03. The smallest absolute Gasteiger partial charge is 0.289 e. The third kappa shape index (κ3) is 1.36. The lowest BCUT2D eigenvalue weighted by atomic mass is 10.1. The second-order valence-corrected chi connectivity index (χ2v) is 4.04. The zero-order valence-electron chi connectivity index (χ0n) is 6.92. The number of hydrogen-bond donors (Lipinski definition) is 0. The zero-order chi connectivity index (χ0) is 10.3. The molecule has 0 aliphatic carbocycles. The molecule has 0 unspecified atom stereocenters. The molecule has 1 aliphatic heterocycles. The fourth-order valence-corrected chi connectivity index (χ4v) is 2.17. The number of rotatable bonds is 1. The van der Waals surface area contributed by atoms with Crippen molar-refractivity contribution >= 4 is 33.2 Å². The molecular formula is C8H5BrClNO3. The van der Waals surface area contributed by atoms with Gasteiger partial charge in [-0.25, -0.2) is 0 Å². The summed E-state index contributed by atoms with van der Waals surface area (Å²) in [5.74, 6) is 0.626. The van der Waals surface area contributed by atoms with E-state index in [1.54, 1.807) is 0 Å². The molecule has 4 nitrogen and oxygen atoms in total. The van der Waals surface area contributed by atoms with Crippen molar-refractivity contribution in [1.29, 1.82) is 0 Å². The molecule has 0 saturated heterocycles. The summed E-state index contributed by atoms with van der Waals surface area (Å²) in [5, 5.41) is 10.7. The largest absolute Gasteiger partial charge is 0.492 e. The predicted molar refractivity (Wildman–Crippen MR) is 55.0 cm³/mol. The van der Waals surface area contributed by atoms with Crippen LogP contribution in [-0.4, -0.2) is 11.5 Å². The van der Waals surface area contributed by atoms with Crippen LogP contribution in [0, 0.1) is 10.1 Å². The van der Waals surface area contributed by atoms with Crippen molar-refractivity contribution in [3.8, 4) is 5.75 Å². The molecule has 74 valence electrons. The molecule has 1 aromatic carbocycles. The first-order chi connectivity index (χ1) is 6.61. The number of ether oxygens (including phenoxy) is 1. The van der Waals surface area contributed by atoms with Crippen LogP contribution in [0.1, 0.15) is 5.56 Å². The number of halogens is 2. The molecule has 0 N–H and O–H groups in total. The standard InChI is InChI=1S/C8H5BrClNO3/c9-6-7(10)5(11(12)13)3-4-1-2-14-8(4)6/h3H,1-2H2. The Hall–Kier alpha value is -0.810. The SMILES string of the molecule is O=[N+]([O-])c1cc2c(c(Br)c1Cl)OCC2. The van der Waals surface area contributed by atoms with E-state index >= 15 is 0 Å². The van der Waals surface area contributed by atoms with Gasteiger partial charge in [0.25, 0.3) is 5.69 Å². The van der Waals surface area contributed by atoms with Crippen molar-refractivity contribution < 1.29 is 9.66 Å². The van der Waals surface area contributed by atoms with Crippen LogP contribution in [0.5, 0.6) is 5.75 Å². The molecule has 0 spiro atoms. The van der Waals surface area contributed by atoms with E-state index in [1.807, 2.05) is 0 Å². The Bertz CT molecular complexity index is 422. The molecule has 0 bridgehead atoms. The van der Waals surface area contributed by atoms with Crippen molar-refractivity contribution in [2.75, 3.05) is 6.61 Å². The van der Waals surface area contributed by atoms with Crippen LogP contribution in [-0.2, 0) is 6.42 Å². The number of fused-ring (bicyclic) bond motifs is 1. The summed E-state index contributed by atoms with van der Waals surface area (Å²) in [5.41, 5.74) is 0.746. The Morgan fingerprint density at radius 3 is 3.00 bits per heavy atom. The number of nitrogens with zero attached hydrogens (tertiary/aromatic N) is 1. The van der Waals surface area contributed by atoms with E-state index in [0.29, 0.717) is 23.2 Å². The van der Waals surface area contributed by atoms with Crippen molar-refractivity contribution in [3.63, 3.8) is 0 Å². The molecule has 1 heterocycles. The monoisotopic (exact) mass is 277 g/mol. The van der Waals surface area contributed by atoms with E-state index in [4.69, 9.17) is 16.3 Å². The Morgan fingerprint density at radius 2 is 2.36 bits per heavy atom. The van der Waals surface area contributed by atoms with Gasteiger partial charge < -0.3 is 4.74 Å². The van der Waals surface area contributed by atoms with Crippen LogP contribution >= 0.6 is 27.5 Å². The Morgan fingerprint density at radius 1 is 1.64 bits per heavy atom. The van der Waals surface area contributed by atoms with Gasteiger partial charge in [0.2, 0.25) is 0 Å². The molecular weight excluding hydrogens is 273 g/mol. The minimum absolute atomic E-state index is 0.0807. The van der Waals surface area contributed by atoms with E-state index in [-0.39, 0.29) is 10.7 Å². The van der Waals surface area contributed by atoms with Crippen molar-refractivity contribution in [3.05, 3.63) is 31.2 Å². The maximum atomic E-state index is 10.6. The van der Waals surface area contributed by atoms with Crippen LogP contribution in [0.4, 0.5) is 5.69 Å². The predicted octanol–water partition coefficient (Wildman–Crippen LogP) is 2.95. The van der Waals surface area contributed by atoms with Crippen molar-refractivity contribution in [2.24, 2.45) is 0 Å². The second-order valence-electron chi connectivity index (χ2n) is 2.87. The van der Waals surface area contributed by atoms with Crippen LogP contribution < -0.4 is 4.74 Å². The van der Waals surface area contributed by atoms with Gasteiger partial charge in [0.05, 0.1) is 16.0 Å². The molecule has 0 fully saturated rings. The number of hydrogen-bond acceptors (Lipinski definition) is 3. The van der Waals surface area contributed by atoms with Crippen LogP contribution in [0.25, 0.3) is 0 Å². The first kappa shape index (κ1) is 9.73. The topological polar surface area (TPSA) is 52.4 Å². The second kappa shape index (κ2) is 3.40. The van der Waals surface area contributed by atoms with Gasteiger partial charge in [0, 0.05) is 18.1 Å². The summed E-state index contributed by atoms with van der Waals surface area (Å²) in [6.45, 7) is 0.547. The molecule has 0 saturated carbocycles. The van der Waals surface area contributed by atoms with Gasteiger partial charge in [-0.15, -0.1) is 0 Å². The maximum absolute atomic E-state index is 10.6. The molecule has 1 aromatic rings. The Kier molecular flexibility index (Phi) is 2.36. The molecule has 1 aliphatic rings. The van der Waals surface area contributed by atoms with E-state index in [9.17, 15) is 10.1 Å². The lowest BCUT2D eigenvalue weighted by Crippen LogP contribution is -1.92. The van der Waals surface area contributed by atoms with Crippen molar-refractivity contribution in [1.82, 2.24) is 0 Å². The van der Waals surface area contributed by atoms with Gasteiger partial charge in [-0.1, -0.05) is 11.6 Å². The molecule has 14 heavy (non-hydrogen) atoms. The highest BCUT2D eigenvalue weighted by atomic mass is 79.9. The molecule has 0 atom stereocenters. The van der Waals surface area contributed by atoms with Crippen molar-refractivity contribution in [2.45, 2.75) is 6.42 Å². The zero-order valence-corrected chi connectivity index (χ0v) is 9.26. The lowest BCUT2D eigenvalue weighted by Gasteiger charge is -2.04. The van der Waals surface area contributed by atoms with Gasteiger partial charge in [-0.2, -0.15) is 0 Å². The van der Waals surface area contributed by atoms with E-state index in [1.165, 1.54) is 6.07 Å². The van der Waals surface area contributed by atoms with Gasteiger partial charge >= 0.3 is 0 Å². The highest BCUT2D eigenvalue weighted by Crippen LogP contribution is 2.43. The van der Waals surface area contributed by atoms with Crippen LogP contribution in [0.3, 0.4) is 0 Å². The highest BCUT2D eigenvalue weighted by Gasteiger charge is 2.25. The third-order valence-corrected chi connectivity index (χ3v) is 3.40. The lowest BCUT2D eigenvalue weighted by molar-refractivity contribution is -0.384. The summed E-state index contributed by atoms with van der Waals surface area (Å²) in [4.78, 5) is 10.1. The minimum Gasteiger partial charge on any atom is -0.492 e. The summed E-state index contributed by atoms with van der Waals surface area (Å²) in [6.07, 6.45) is 0.686. The van der Waals surface area contributed by atoms with E-state index < -0.39 is 4.92 Å². The Balaban J connectivity index is 2.67. The molecule has 2 rings (SSSR count). The van der Waals surface area contributed by atoms with E-state index in [2.05, 4.69) is 15.9 Å². The molecule has 0 radical (unpaired) electrons. The van der Waals surface area contributed by atoms with Gasteiger partial charge in [-0.05, 0) is 15.9 Å². The molecule has 0 aromatic heterocycles. The maximum Gasteiger partial charge on any atom is 0.289 e.